The molecule has 0 aliphatic carbocycles. The van der Waals surface area contributed by atoms with Crippen LogP contribution >= 0.6 is 0 Å². The first-order valence-corrected chi connectivity index (χ1v) is 6.82. The molecule has 8 nitrogen and oxygen atoms in total. The molecule has 0 saturated heterocycles. The number of nitro groups is 1. The van der Waals surface area contributed by atoms with Gasteiger partial charge >= 0.3 is 0 Å². The van der Waals surface area contributed by atoms with Crippen LogP contribution in [0.2, 0.25) is 0 Å². The average molecular weight is 294 g/mol. The number of hydrogen-bond acceptors (Lipinski definition) is 6. The monoisotopic (exact) mass is 294 g/mol. The van der Waals surface area contributed by atoms with Crippen LogP contribution in [0, 0.1) is 10.1 Å². The highest BCUT2D eigenvalue weighted by atomic mass is 32.2. The number of pyridine rings is 1. The molecule has 0 aliphatic rings. The van der Waals surface area contributed by atoms with E-state index in [1.54, 1.807) is 18.2 Å². The summed E-state index contributed by atoms with van der Waals surface area (Å²) in [6.45, 7) is 0. The van der Waals surface area contributed by atoms with Crippen molar-refractivity contribution in [3.8, 4) is 0 Å². The number of rotatable bonds is 4. The van der Waals surface area contributed by atoms with Crippen molar-refractivity contribution in [3.63, 3.8) is 0 Å². The Bertz CT molecular complexity index is 716. The van der Waals surface area contributed by atoms with E-state index >= 15 is 0 Å². The van der Waals surface area contributed by atoms with Crippen LogP contribution in [0.1, 0.15) is 0 Å². The molecule has 2 N–H and O–H groups in total. The zero-order valence-corrected chi connectivity index (χ0v) is 10.9. The lowest BCUT2D eigenvalue weighted by Crippen LogP contribution is -2.38. The molecule has 0 fully saturated rings. The third kappa shape index (κ3) is 2.58. The van der Waals surface area contributed by atoms with E-state index in [1.165, 1.54) is 18.2 Å². The summed E-state index contributed by atoms with van der Waals surface area (Å²) in [6, 6.07) is 9.86. The molecule has 2 rings (SSSR count). The number of hydrazine groups is 1. The third-order valence-corrected chi connectivity index (χ3v) is 4.04. The second-order valence-corrected chi connectivity index (χ2v) is 5.56. The van der Waals surface area contributed by atoms with Crippen LogP contribution in [0.15, 0.2) is 53.6 Å². The predicted octanol–water partition coefficient (Wildman–Crippen LogP) is 1.06. The number of hydrogen-bond donors (Lipinski definition) is 1. The minimum absolute atomic E-state index is 0.00246. The van der Waals surface area contributed by atoms with Crippen LogP contribution in [0.25, 0.3) is 0 Å². The molecule has 0 atom stereocenters. The first-order valence-electron chi connectivity index (χ1n) is 5.38. The van der Waals surface area contributed by atoms with Gasteiger partial charge in [0.25, 0.3) is 15.7 Å². The van der Waals surface area contributed by atoms with Gasteiger partial charge in [-0.25, -0.2) is 10.8 Å². The molecule has 0 spiro atoms. The molecular formula is C11H10N4O4S. The van der Waals surface area contributed by atoms with Crippen molar-refractivity contribution in [2.75, 3.05) is 4.41 Å². The summed E-state index contributed by atoms with van der Waals surface area (Å²) in [6.07, 6.45) is 0.940. The number of benzene rings is 1. The number of aromatic nitrogens is 1. The Labute approximate surface area is 114 Å². The first-order chi connectivity index (χ1) is 9.43. The summed E-state index contributed by atoms with van der Waals surface area (Å²) in [7, 11) is -3.95. The molecule has 9 heteroatoms. The van der Waals surface area contributed by atoms with E-state index in [0.717, 1.165) is 12.3 Å². The SMILES string of the molecule is NN(c1ccc([N+](=O)[O-])cn1)S(=O)(=O)c1ccccc1. The molecule has 1 aromatic heterocycles. The van der Waals surface area contributed by atoms with Crippen molar-refractivity contribution in [3.05, 3.63) is 58.8 Å². The van der Waals surface area contributed by atoms with E-state index in [9.17, 15) is 18.5 Å². The van der Waals surface area contributed by atoms with E-state index in [1.807, 2.05) is 0 Å². The van der Waals surface area contributed by atoms with Gasteiger partial charge in [0.05, 0.1) is 9.82 Å². The van der Waals surface area contributed by atoms with Crippen molar-refractivity contribution < 1.29 is 13.3 Å². The number of sulfonamides is 1. The smallest absolute Gasteiger partial charge is 0.258 e. The zero-order valence-electron chi connectivity index (χ0n) is 10.1. The van der Waals surface area contributed by atoms with E-state index < -0.39 is 14.9 Å². The minimum Gasteiger partial charge on any atom is -0.258 e. The van der Waals surface area contributed by atoms with Crippen LogP contribution in [0.4, 0.5) is 11.5 Å². The van der Waals surface area contributed by atoms with Crippen LogP contribution in [-0.4, -0.2) is 18.3 Å². The van der Waals surface area contributed by atoms with E-state index in [-0.39, 0.29) is 16.4 Å². The lowest BCUT2D eigenvalue weighted by Gasteiger charge is -2.17. The van der Waals surface area contributed by atoms with Gasteiger partial charge in [0.15, 0.2) is 5.82 Å². The van der Waals surface area contributed by atoms with Gasteiger partial charge in [-0.3, -0.25) is 10.1 Å². The molecule has 0 radical (unpaired) electrons. The summed E-state index contributed by atoms with van der Waals surface area (Å²) in [5, 5.41) is 10.5. The van der Waals surface area contributed by atoms with Crippen molar-refractivity contribution >= 4 is 21.5 Å². The summed E-state index contributed by atoms with van der Waals surface area (Å²) in [5.41, 5.74) is -0.251. The summed E-state index contributed by atoms with van der Waals surface area (Å²) >= 11 is 0. The number of nitrogens with two attached hydrogens (primary N) is 1. The fourth-order valence-electron chi connectivity index (χ4n) is 1.45. The molecule has 0 saturated carbocycles. The van der Waals surface area contributed by atoms with Gasteiger partial charge in [0, 0.05) is 6.07 Å². The van der Waals surface area contributed by atoms with E-state index in [0.29, 0.717) is 4.41 Å². The third-order valence-electron chi connectivity index (χ3n) is 2.47. The normalized spacial score (nSPS) is 11.1. The predicted molar refractivity (Wildman–Crippen MR) is 71.2 cm³/mol. The Morgan fingerprint density at radius 1 is 1.15 bits per heavy atom. The average Bonchev–Trinajstić information content (AvgIpc) is 2.47. The maximum absolute atomic E-state index is 12.2. The topological polar surface area (TPSA) is 119 Å². The highest BCUT2D eigenvalue weighted by Gasteiger charge is 2.23. The minimum atomic E-state index is -3.95. The Hall–Kier alpha value is -2.52. The largest absolute Gasteiger partial charge is 0.287 e. The van der Waals surface area contributed by atoms with Crippen molar-refractivity contribution in [2.45, 2.75) is 4.90 Å². The molecule has 1 heterocycles. The van der Waals surface area contributed by atoms with Crippen molar-refractivity contribution in [1.29, 1.82) is 0 Å². The molecular weight excluding hydrogens is 284 g/mol. The second kappa shape index (κ2) is 5.23. The second-order valence-electron chi connectivity index (χ2n) is 3.75. The summed E-state index contributed by atoms with van der Waals surface area (Å²) < 4.78 is 24.8. The van der Waals surface area contributed by atoms with Crippen LogP contribution < -0.4 is 10.3 Å². The Morgan fingerprint density at radius 2 is 1.80 bits per heavy atom. The van der Waals surface area contributed by atoms with Crippen molar-refractivity contribution in [1.82, 2.24) is 4.98 Å². The maximum Gasteiger partial charge on any atom is 0.287 e. The molecule has 20 heavy (non-hydrogen) atoms. The van der Waals surface area contributed by atoms with E-state index in [4.69, 9.17) is 5.84 Å². The van der Waals surface area contributed by atoms with Crippen molar-refractivity contribution in [2.24, 2.45) is 5.84 Å². The van der Waals surface area contributed by atoms with Crippen LogP contribution in [0.5, 0.6) is 0 Å². The van der Waals surface area contributed by atoms with Gasteiger partial charge in [-0.1, -0.05) is 18.2 Å². The van der Waals surface area contributed by atoms with Gasteiger partial charge < -0.3 is 0 Å². The Balaban J connectivity index is 2.36. The number of nitrogens with zero attached hydrogens (tertiary/aromatic N) is 3. The van der Waals surface area contributed by atoms with Gasteiger partial charge in [-0.05, 0) is 18.2 Å². The Morgan fingerprint density at radius 3 is 2.30 bits per heavy atom. The van der Waals surface area contributed by atoms with E-state index in [2.05, 4.69) is 4.98 Å². The molecule has 0 bridgehead atoms. The summed E-state index contributed by atoms with van der Waals surface area (Å²) in [4.78, 5) is 13.5. The lowest BCUT2D eigenvalue weighted by atomic mass is 10.4. The molecule has 1 aromatic carbocycles. The van der Waals surface area contributed by atoms with Gasteiger partial charge in [-0.15, -0.1) is 0 Å². The lowest BCUT2D eigenvalue weighted by molar-refractivity contribution is -0.385. The zero-order chi connectivity index (χ0) is 14.8. The Kier molecular flexibility index (Phi) is 3.63. The quantitative estimate of drug-likeness (QED) is 0.511. The number of anilines is 1. The van der Waals surface area contributed by atoms with Gasteiger partial charge in [-0.2, -0.15) is 12.8 Å². The maximum atomic E-state index is 12.2. The molecule has 0 aliphatic heterocycles. The highest BCUT2D eigenvalue weighted by molar-refractivity contribution is 7.92. The molecule has 2 aromatic rings. The van der Waals surface area contributed by atoms with Gasteiger partial charge in [0.1, 0.15) is 6.20 Å². The fraction of sp³-hybridized carbons (Fsp3) is 0. The fourth-order valence-corrected chi connectivity index (χ4v) is 2.53. The first kappa shape index (κ1) is 13.9. The highest BCUT2D eigenvalue weighted by Crippen LogP contribution is 2.20. The summed E-state index contributed by atoms with van der Waals surface area (Å²) in [5.74, 6) is 5.43. The molecule has 104 valence electrons. The van der Waals surface area contributed by atoms with Crippen LogP contribution in [0.3, 0.4) is 0 Å². The van der Waals surface area contributed by atoms with Gasteiger partial charge in [0.2, 0.25) is 0 Å². The molecule has 0 unspecified atom stereocenters. The standard InChI is InChI=1S/C11H10N4O4S/c12-14(11-7-6-9(8-13-11)15(16)17)20(18,19)10-4-2-1-3-5-10/h1-8H,12H2. The van der Waals surface area contributed by atoms with Crippen LogP contribution in [-0.2, 0) is 10.0 Å². The molecule has 0 amide bonds.